The number of unbranched alkanes of at least 4 members (excludes halogenated alkanes) is 26. The first kappa shape index (κ1) is 55.8. The fourth-order valence-electron chi connectivity index (χ4n) is 7.42. The van der Waals surface area contributed by atoms with Gasteiger partial charge in [-0.1, -0.05) is 211 Å². The summed E-state index contributed by atoms with van der Waals surface area (Å²) in [6.07, 6.45) is 54.6. The molecule has 338 valence electrons. The molecule has 3 atom stereocenters. The number of rotatable bonds is 44. The van der Waals surface area contributed by atoms with Crippen LogP contribution >= 0.6 is 0 Å². The van der Waals surface area contributed by atoms with E-state index in [0.29, 0.717) is 19.3 Å². The summed E-state index contributed by atoms with van der Waals surface area (Å²) in [6.45, 7) is 6.33. The van der Waals surface area contributed by atoms with Crippen molar-refractivity contribution in [2.45, 2.75) is 264 Å². The van der Waals surface area contributed by atoms with Gasteiger partial charge < -0.3 is 20.3 Å². The molecule has 0 aliphatic heterocycles. The first-order chi connectivity index (χ1) is 28.5. The average molecular weight is 814 g/mol. The van der Waals surface area contributed by atoms with Crippen LogP contribution in [-0.2, 0) is 14.3 Å². The van der Waals surface area contributed by atoms with E-state index in [1.165, 1.54) is 116 Å². The Morgan fingerprint density at radius 1 is 0.517 bits per heavy atom. The lowest BCUT2D eigenvalue weighted by molar-refractivity contribution is -0.151. The topological polar surface area (TPSA) is 95.9 Å². The van der Waals surface area contributed by atoms with Crippen LogP contribution in [0.15, 0.2) is 48.6 Å². The fourth-order valence-corrected chi connectivity index (χ4v) is 7.42. The van der Waals surface area contributed by atoms with Gasteiger partial charge in [0.05, 0.1) is 25.2 Å². The van der Waals surface area contributed by atoms with Crippen molar-refractivity contribution in [3.8, 4) is 0 Å². The standard InChI is InChI=1S/C52H95NO5/c1-4-7-10-13-16-19-22-24-25-27-29-32-35-38-41-44-50(55)49(47-54)53-51(56)46-48(43-40-37-34-31-28-21-18-15-12-9-6-3)58-52(57)45-42-39-36-33-30-26-23-20-17-14-11-8-5-2/h9,12,15,18,21,26,28,30,48-50,54-55H,4-8,10-11,13-14,16-17,19-20,22-25,27,29,31-47H2,1-3H3,(H,53,56)/b12-9+,18-15+,28-21-,30-26-. The van der Waals surface area contributed by atoms with Crippen LogP contribution in [0.2, 0.25) is 0 Å². The number of aliphatic hydroxyl groups is 2. The molecule has 0 aliphatic rings. The Hall–Kier alpha value is -2.18. The molecular formula is C52H95NO5. The van der Waals surface area contributed by atoms with Gasteiger partial charge in [-0.2, -0.15) is 0 Å². The van der Waals surface area contributed by atoms with Crippen molar-refractivity contribution >= 4 is 11.9 Å². The highest BCUT2D eigenvalue weighted by atomic mass is 16.5. The molecule has 3 N–H and O–H groups in total. The lowest BCUT2D eigenvalue weighted by Crippen LogP contribution is -2.46. The Labute approximate surface area is 359 Å². The van der Waals surface area contributed by atoms with Gasteiger partial charge in [-0.25, -0.2) is 0 Å². The summed E-state index contributed by atoms with van der Waals surface area (Å²) in [5.74, 6) is -0.526. The second-order valence-electron chi connectivity index (χ2n) is 16.9. The molecule has 58 heavy (non-hydrogen) atoms. The zero-order valence-electron chi connectivity index (χ0n) is 38.4. The predicted octanol–water partition coefficient (Wildman–Crippen LogP) is 14.7. The largest absolute Gasteiger partial charge is 0.462 e. The molecule has 1 amide bonds. The third-order valence-corrected chi connectivity index (χ3v) is 11.2. The van der Waals surface area contributed by atoms with Crippen molar-refractivity contribution < 1.29 is 24.5 Å². The van der Waals surface area contributed by atoms with Crippen molar-refractivity contribution in [1.29, 1.82) is 0 Å². The van der Waals surface area contributed by atoms with Crippen molar-refractivity contribution in [2.24, 2.45) is 0 Å². The minimum absolute atomic E-state index is 0.0489. The highest BCUT2D eigenvalue weighted by Gasteiger charge is 2.24. The van der Waals surface area contributed by atoms with E-state index in [9.17, 15) is 19.8 Å². The highest BCUT2D eigenvalue weighted by molar-refractivity contribution is 5.77. The van der Waals surface area contributed by atoms with E-state index in [-0.39, 0.29) is 24.9 Å². The number of aliphatic hydroxyl groups excluding tert-OH is 2. The summed E-state index contributed by atoms with van der Waals surface area (Å²) in [6, 6.07) is -0.714. The fraction of sp³-hybridized carbons (Fsp3) is 0.808. The van der Waals surface area contributed by atoms with E-state index in [1.807, 2.05) is 12.2 Å². The van der Waals surface area contributed by atoms with Crippen LogP contribution in [0.5, 0.6) is 0 Å². The summed E-state index contributed by atoms with van der Waals surface area (Å²) in [5, 5.41) is 23.7. The summed E-state index contributed by atoms with van der Waals surface area (Å²) in [4.78, 5) is 26.0. The molecule has 6 heteroatoms. The van der Waals surface area contributed by atoms with Crippen LogP contribution in [-0.4, -0.2) is 46.9 Å². The monoisotopic (exact) mass is 814 g/mol. The third-order valence-electron chi connectivity index (χ3n) is 11.2. The SMILES string of the molecule is CC/C=C/C=C/C=C\CCCCCC(CC(=O)NC(CO)C(O)CCCCCCCCCCCCCCCCC)OC(=O)CCCCC/C=C\CCCCCCCC. The predicted molar refractivity (Wildman–Crippen MR) is 250 cm³/mol. The van der Waals surface area contributed by atoms with Gasteiger partial charge in [0, 0.05) is 6.42 Å². The first-order valence-electron chi connectivity index (χ1n) is 24.9. The van der Waals surface area contributed by atoms with E-state index in [4.69, 9.17) is 4.74 Å². The van der Waals surface area contributed by atoms with Gasteiger partial charge in [-0.15, -0.1) is 0 Å². The van der Waals surface area contributed by atoms with Crippen molar-refractivity contribution in [1.82, 2.24) is 5.32 Å². The molecule has 0 aromatic heterocycles. The van der Waals surface area contributed by atoms with E-state index in [1.54, 1.807) is 0 Å². The summed E-state index contributed by atoms with van der Waals surface area (Å²) in [5.41, 5.74) is 0. The van der Waals surface area contributed by atoms with Crippen LogP contribution in [0.4, 0.5) is 0 Å². The molecule has 0 spiro atoms. The molecule has 3 unspecified atom stereocenters. The minimum Gasteiger partial charge on any atom is -0.462 e. The van der Waals surface area contributed by atoms with Crippen LogP contribution in [0.1, 0.15) is 245 Å². The van der Waals surface area contributed by atoms with Crippen LogP contribution in [0.25, 0.3) is 0 Å². The maximum atomic E-state index is 13.2. The number of hydrogen-bond acceptors (Lipinski definition) is 5. The number of carbonyl (C=O) groups excluding carboxylic acids is 2. The number of esters is 1. The zero-order valence-corrected chi connectivity index (χ0v) is 38.4. The first-order valence-corrected chi connectivity index (χ1v) is 24.9. The van der Waals surface area contributed by atoms with Gasteiger partial charge in [-0.05, 0) is 70.6 Å². The van der Waals surface area contributed by atoms with Crippen molar-refractivity contribution in [3.63, 3.8) is 0 Å². The molecule has 6 nitrogen and oxygen atoms in total. The molecular weight excluding hydrogens is 719 g/mol. The van der Waals surface area contributed by atoms with E-state index in [0.717, 1.165) is 83.5 Å². The van der Waals surface area contributed by atoms with Gasteiger partial charge in [0.25, 0.3) is 0 Å². The molecule has 0 saturated heterocycles. The molecule has 0 rings (SSSR count). The number of allylic oxidation sites excluding steroid dienone is 8. The zero-order chi connectivity index (χ0) is 42.4. The number of nitrogens with one attached hydrogen (secondary N) is 1. The van der Waals surface area contributed by atoms with Crippen LogP contribution in [0.3, 0.4) is 0 Å². The lowest BCUT2D eigenvalue weighted by atomic mass is 10.0. The molecule has 0 bridgehead atoms. The molecule has 0 aromatic carbocycles. The van der Waals surface area contributed by atoms with Gasteiger partial charge >= 0.3 is 5.97 Å². The quantitative estimate of drug-likeness (QED) is 0.0246. The molecule has 0 aliphatic carbocycles. The normalized spacial score (nSPS) is 13.7. The van der Waals surface area contributed by atoms with Crippen LogP contribution < -0.4 is 5.32 Å². The third kappa shape index (κ3) is 40.6. The summed E-state index contributed by atoms with van der Waals surface area (Å²) >= 11 is 0. The van der Waals surface area contributed by atoms with Gasteiger partial charge in [-0.3, -0.25) is 9.59 Å². The smallest absolute Gasteiger partial charge is 0.306 e. The van der Waals surface area contributed by atoms with E-state index >= 15 is 0 Å². The molecule has 0 fully saturated rings. The second kappa shape index (κ2) is 45.9. The number of carbonyl (C=O) groups is 2. The Morgan fingerprint density at radius 2 is 0.948 bits per heavy atom. The van der Waals surface area contributed by atoms with E-state index < -0.39 is 18.2 Å². The molecule has 0 radical (unpaired) electrons. The lowest BCUT2D eigenvalue weighted by Gasteiger charge is -2.24. The van der Waals surface area contributed by atoms with Gasteiger partial charge in [0.2, 0.25) is 5.91 Å². The summed E-state index contributed by atoms with van der Waals surface area (Å²) in [7, 11) is 0. The van der Waals surface area contributed by atoms with Crippen LogP contribution in [0, 0.1) is 0 Å². The highest BCUT2D eigenvalue weighted by Crippen LogP contribution is 2.17. The number of ether oxygens (including phenoxy) is 1. The maximum Gasteiger partial charge on any atom is 0.306 e. The molecule has 0 aromatic rings. The number of amides is 1. The van der Waals surface area contributed by atoms with Gasteiger partial charge in [0.15, 0.2) is 0 Å². The Balaban J connectivity index is 4.57. The second-order valence-corrected chi connectivity index (χ2v) is 16.9. The maximum absolute atomic E-state index is 13.2. The minimum atomic E-state index is -0.798. The molecule has 0 heterocycles. The van der Waals surface area contributed by atoms with Crippen molar-refractivity contribution in [2.75, 3.05) is 6.61 Å². The number of hydrogen-bond donors (Lipinski definition) is 3. The summed E-state index contributed by atoms with van der Waals surface area (Å²) < 4.78 is 5.89. The Bertz CT molecular complexity index is 1000. The van der Waals surface area contributed by atoms with Gasteiger partial charge in [0.1, 0.15) is 6.10 Å². The average Bonchev–Trinajstić information content (AvgIpc) is 3.22. The molecule has 0 saturated carbocycles. The Morgan fingerprint density at radius 3 is 1.47 bits per heavy atom. The van der Waals surface area contributed by atoms with Crippen molar-refractivity contribution in [3.05, 3.63) is 48.6 Å². The van der Waals surface area contributed by atoms with E-state index in [2.05, 4.69) is 62.5 Å². The Kier molecular flexibility index (Phi) is 44.2.